The third-order valence-electron chi connectivity index (χ3n) is 2.66. The molecule has 1 aromatic heterocycles. The lowest BCUT2D eigenvalue weighted by Crippen LogP contribution is -2.08. The van der Waals surface area contributed by atoms with Crippen molar-refractivity contribution in [2.24, 2.45) is 0 Å². The van der Waals surface area contributed by atoms with Crippen molar-refractivity contribution < 1.29 is 0 Å². The topological polar surface area (TPSA) is 50.9 Å². The van der Waals surface area contributed by atoms with Crippen molar-refractivity contribution in [2.45, 2.75) is 6.42 Å². The van der Waals surface area contributed by atoms with E-state index in [4.69, 9.17) is 52.1 Å². The largest absolute Gasteiger partial charge is 0.382 e. The molecule has 0 fully saturated rings. The zero-order valence-electron chi connectivity index (χ0n) is 10.3. The van der Waals surface area contributed by atoms with Crippen LogP contribution in [0.25, 0.3) is 0 Å². The summed E-state index contributed by atoms with van der Waals surface area (Å²) in [5.41, 5.74) is 6.62. The SMILES string of the molecule is Nc1nc(NCCc2ccc(Cl)cc2Cl)c(Cl)cc1Cl. The fourth-order valence-electron chi connectivity index (χ4n) is 1.64. The molecule has 0 amide bonds. The maximum atomic E-state index is 6.10. The third kappa shape index (κ3) is 3.83. The molecule has 3 N–H and O–H groups in total. The van der Waals surface area contributed by atoms with Gasteiger partial charge in [0.2, 0.25) is 0 Å². The average Bonchev–Trinajstić information content (AvgIpc) is 2.38. The molecule has 0 saturated heterocycles. The number of anilines is 2. The van der Waals surface area contributed by atoms with E-state index in [-0.39, 0.29) is 5.82 Å². The van der Waals surface area contributed by atoms with Gasteiger partial charge in [0, 0.05) is 16.6 Å². The number of hydrogen-bond acceptors (Lipinski definition) is 3. The summed E-state index contributed by atoms with van der Waals surface area (Å²) >= 11 is 23.8. The number of nitrogens with two attached hydrogens (primary N) is 1. The highest BCUT2D eigenvalue weighted by Crippen LogP contribution is 2.27. The Balaban J connectivity index is 2.01. The lowest BCUT2D eigenvalue weighted by atomic mass is 10.1. The van der Waals surface area contributed by atoms with E-state index in [1.165, 1.54) is 0 Å². The van der Waals surface area contributed by atoms with E-state index in [0.29, 0.717) is 38.9 Å². The van der Waals surface area contributed by atoms with Crippen molar-refractivity contribution in [2.75, 3.05) is 17.6 Å². The van der Waals surface area contributed by atoms with Crippen LogP contribution in [-0.2, 0) is 6.42 Å². The predicted octanol–water partition coefficient (Wildman–Crippen LogP) is 4.93. The predicted molar refractivity (Wildman–Crippen MR) is 87.3 cm³/mol. The smallest absolute Gasteiger partial charge is 0.147 e. The van der Waals surface area contributed by atoms with E-state index in [1.807, 2.05) is 6.07 Å². The van der Waals surface area contributed by atoms with Crippen LogP contribution >= 0.6 is 46.4 Å². The normalized spacial score (nSPS) is 10.6. The van der Waals surface area contributed by atoms with Crippen molar-refractivity contribution in [1.82, 2.24) is 4.98 Å². The van der Waals surface area contributed by atoms with Gasteiger partial charge in [-0.1, -0.05) is 52.5 Å². The van der Waals surface area contributed by atoms with Gasteiger partial charge in [-0.25, -0.2) is 4.98 Å². The van der Waals surface area contributed by atoms with Crippen LogP contribution in [0.1, 0.15) is 5.56 Å². The molecule has 20 heavy (non-hydrogen) atoms. The lowest BCUT2D eigenvalue weighted by molar-refractivity contribution is 1.01. The van der Waals surface area contributed by atoms with Gasteiger partial charge in [-0.15, -0.1) is 0 Å². The molecule has 1 heterocycles. The van der Waals surface area contributed by atoms with Crippen LogP contribution in [0.2, 0.25) is 20.1 Å². The number of rotatable bonds is 4. The van der Waals surface area contributed by atoms with Gasteiger partial charge in [0.25, 0.3) is 0 Å². The molecule has 0 atom stereocenters. The second-order valence-corrected chi connectivity index (χ2v) is 5.76. The summed E-state index contributed by atoms with van der Waals surface area (Å²) in [4.78, 5) is 4.09. The van der Waals surface area contributed by atoms with Gasteiger partial charge in [0.15, 0.2) is 0 Å². The van der Waals surface area contributed by atoms with Crippen LogP contribution in [0, 0.1) is 0 Å². The average molecular weight is 351 g/mol. The molecule has 0 aliphatic rings. The highest BCUT2D eigenvalue weighted by atomic mass is 35.5. The maximum Gasteiger partial charge on any atom is 0.147 e. The Hall–Kier alpha value is -0.870. The first kappa shape index (κ1) is 15.5. The van der Waals surface area contributed by atoms with Crippen LogP contribution < -0.4 is 11.1 Å². The van der Waals surface area contributed by atoms with Crippen molar-refractivity contribution in [1.29, 1.82) is 0 Å². The highest BCUT2D eigenvalue weighted by molar-refractivity contribution is 6.37. The molecule has 0 unspecified atom stereocenters. The van der Waals surface area contributed by atoms with E-state index in [1.54, 1.807) is 18.2 Å². The Morgan fingerprint density at radius 3 is 2.45 bits per heavy atom. The van der Waals surface area contributed by atoms with Crippen molar-refractivity contribution >= 4 is 58.0 Å². The minimum Gasteiger partial charge on any atom is -0.382 e. The summed E-state index contributed by atoms with van der Waals surface area (Å²) in [5, 5.41) is 5.10. The Morgan fingerprint density at radius 2 is 1.75 bits per heavy atom. The molecule has 0 bridgehead atoms. The molecule has 0 radical (unpaired) electrons. The van der Waals surface area contributed by atoms with Gasteiger partial charge in [-0.3, -0.25) is 0 Å². The summed E-state index contributed by atoms with van der Waals surface area (Å²) in [6, 6.07) is 6.96. The molecule has 0 aliphatic carbocycles. The first-order chi connectivity index (χ1) is 9.47. The van der Waals surface area contributed by atoms with Crippen LogP contribution in [0.4, 0.5) is 11.6 Å². The molecular formula is C13H11Cl4N3. The van der Waals surface area contributed by atoms with Gasteiger partial charge in [-0.05, 0) is 30.2 Å². The molecule has 0 saturated carbocycles. The number of benzene rings is 1. The number of nitrogens with zero attached hydrogens (tertiary/aromatic N) is 1. The fourth-order valence-corrected chi connectivity index (χ4v) is 2.57. The van der Waals surface area contributed by atoms with Gasteiger partial charge < -0.3 is 11.1 Å². The first-order valence-electron chi connectivity index (χ1n) is 5.76. The summed E-state index contributed by atoms with van der Waals surface area (Å²) in [5.74, 6) is 0.738. The zero-order valence-corrected chi connectivity index (χ0v) is 13.3. The number of hydrogen-bond donors (Lipinski definition) is 2. The second-order valence-electron chi connectivity index (χ2n) is 4.10. The van der Waals surface area contributed by atoms with Crippen molar-refractivity contribution in [3.05, 3.63) is 49.9 Å². The Labute approximate surface area is 137 Å². The Bertz CT molecular complexity index is 631. The maximum absolute atomic E-state index is 6.10. The Morgan fingerprint density at radius 1 is 1.00 bits per heavy atom. The quantitative estimate of drug-likeness (QED) is 0.821. The molecule has 3 nitrogen and oxygen atoms in total. The molecule has 2 rings (SSSR count). The molecule has 1 aromatic carbocycles. The summed E-state index contributed by atoms with van der Waals surface area (Å²) in [6.07, 6.45) is 0.705. The fraction of sp³-hybridized carbons (Fsp3) is 0.154. The summed E-state index contributed by atoms with van der Waals surface area (Å²) in [6.45, 7) is 0.606. The van der Waals surface area contributed by atoms with E-state index >= 15 is 0 Å². The van der Waals surface area contributed by atoms with Gasteiger partial charge in [-0.2, -0.15) is 0 Å². The zero-order chi connectivity index (χ0) is 14.7. The number of aromatic nitrogens is 1. The molecular weight excluding hydrogens is 340 g/mol. The minimum atomic E-state index is 0.239. The number of nitrogens with one attached hydrogen (secondary N) is 1. The van der Waals surface area contributed by atoms with Crippen molar-refractivity contribution in [3.8, 4) is 0 Å². The van der Waals surface area contributed by atoms with Gasteiger partial charge in [0.05, 0.1) is 10.0 Å². The molecule has 2 aromatic rings. The molecule has 106 valence electrons. The highest BCUT2D eigenvalue weighted by Gasteiger charge is 2.07. The van der Waals surface area contributed by atoms with E-state index in [0.717, 1.165) is 5.56 Å². The van der Waals surface area contributed by atoms with Crippen LogP contribution in [0.5, 0.6) is 0 Å². The molecule has 7 heteroatoms. The summed E-state index contributed by atoms with van der Waals surface area (Å²) < 4.78 is 0. The van der Waals surface area contributed by atoms with E-state index in [2.05, 4.69) is 10.3 Å². The van der Waals surface area contributed by atoms with Crippen LogP contribution in [0.15, 0.2) is 24.3 Å². The number of pyridine rings is 1. The van der Waals surface area contributed by atoms with Crippen LogP contribution in [0.3, 0.4) is 0 Å². The minimum absolute atomic E-state index is 0.239. The van der Waals surface area contributed by atoms with E-state index < -0.39 is 0 Å². The summed E-state index contributed by atoms with van der Waals surface area (Å²) in [7, 11) is 0. The van der Waals surface area contributed by atoms with E-state index in [9.17, 15) is 0 Å². The van der Waals surface area contributed by atoms with Gasteiger partial charge in [0.1, 0.15) is 11.6 Å². The standard InChI is InChI=1S/C13H11Cl4N3/c14-8-2-1-7(9(15)5-8)3-4-19-13-11(17)6-10(16)12(18)20-13/h1-2,5-6H,3-4H2,(H3,18,19,20). The Kier molecular flexibility index (Phi) is 5.22. The monoisotopic (exact) mass is 349 g/mol. The van der Waals surface area contributed by atoms with Crippen molar-refractivity contribution in [3.63, 3.8) is 0 Å². The molecule has 0 spiro atoms. The van der Waals surface area contributed by atoms with Gasteiger partial charge >= 0.3 is 0 Å². The third-order valence-corrected chi connectivity index (χ3v) is 3.84. The second kappa shape index (κ2) is 6.72. The first-order valence-corrected chi connectivity index (χ1v) is 7.28. The molecule has 0 aliphatic heterocycles. The number of halogens is 4. The van der Waals surface area contributed by atoms with Crippen LogP contribution in [-0.4, -0.2) is 11.5 Å². The lowest BCUT2D eigenvalue weighted by Gasteiger charge is -2.10. The number of nitrogen functional groups attached to an aromatic ring is 1.